The first-order valence-corrected chi connectivity index (χ1v) is 9.29. The Labute approximate surface area is 128 Å². The standard InChI is InChI=1S/C14H28N2O4S/c1-20-11-5-7-14(13-17)6-4-10-16(12-14)21(18,19)15-8-2-3-9-15/h17H,2-13H2,1H3. The molecule has 1 atom stereocenters. The molecule has 2 saturated heterocycles. The summed E-state index contributed by atoms with van der Waals surface area (Å²) < 4.78 is 33.6. The molecule has 0 bridgehead atoms. The molecule has 2 rings (SSSR count). The minimum absolute atomic E-state index is 0.0444. The number of aliphatic hydroxyl groups is 1. The molecule has 0 aromatic carbocycles. The molecule has 2 fully saturated rings. The average molecular weight is 320 g/mol. The van der Waals surface area contributed by atoms with Gasteiger partial charge < -0.3 is 9.84 Å². The van der Waals surface area contributed by atoms with Crippen LogP contribution in [0.3, 0.4) is 0 Å². The molecule has 0 aromatic heterocycles. The third-order valence-electron chi connectivity index (χ3n) is 4.73. The van der Waals surface area contributed by atoms with E-state index >= 15 is 0 Å². The van der Waals surface area contributed by atoms with Gasteiger partial charge in [-0.1, -0.05) is 0 Å². The highest BCUT2D eigenvalue weighted by Gasteiger charge is 2.41. The van der Waals surface area contributed by atoms with Crippen LogP contribution in [0.2, 0.25) is 0 Å². The van der Waals surface area contributed by atoms with Crippen molar-refractivity contribution in [2.45, 2.75) is 38.5 Å². The molecule has 0 aromatic rings. The quantitative estimate of drug-likeness (QED) is 0.705. The van der Waals surface area contributed by atoms with Crippen LogP contribution in [0.25, 0.3) is 0 Å². The zero-order valence-electron chi connectivity index (χ0n) is 13.0. The summed E-state index contributed by atoms with van der Waals surface area (Å²) in [5, 5.41) is 9.81. The van der Waals surface area contributed by atoms with Crippen molar-refractivity contribution in [1.29, 1.82) is 0 Å². The first-order chi connectivity index (χ1) is 10.0. The van der Waals surface area contributed by atoms with E-state index in [1.807, 2.05) is 0 Å². The van der Waals surface area contributed by atoms with E-state index in [1.165, 1.54) is 0 Å². The number of hydrogen-bond acceptors (Lipinski definition) is 4. The highest BCUT2D eigenvalue weighted by Crippen LogP contribution is 2.36. The number of piperidine rings is 1. The van der Waals surface area contributed by atoms with E-state index in [0.29, 0.717) is 32.8 Å². The van der Waals surface area contributed by atoms with Gasteiger partial charge in [0.2, 0.25) is 0 Å². The molecule has 0 saturated carbocycles. The van der Waals surface area contributed by atoms with Crippen LogP contribution in [0.5, 0.6) is 0 Å². The van der Waals surface area contributed by atoms with Crippen LogP contribution in [-0.4, -0.2) is 68.6 Å². The molecule has 1 N–H and O–H groups in total. The lowest BCUT2D eigenvalue weighted by Crippen LogP contribution is -2.52. The summed E-state index contributed by atoms with van der Waals surface area (Å²) in [6.45, 7) is 2.98. The number of hydrogen-bond donors (Lipinski definition) is 1. The summed E-state index contributed by atoms with van der Waals surface area (Å²) in [6.07, 6.45) is 5.27. The Morgan fingerprint density at radius 1 is 1.14 bits per heavy atom. The Morgan fingerprint density at radius 3 is 2.43 bits per heavy atom. The average Bonchev–Trinajstić information content (AvgIpc) is 3.03. The third-order valence-corrected chi connectivity index (χ3v) is 6.72. The van der Waals surface area contributed by atoms with Crippen LogP contribution in [0.15, 0.2) is 0 Å². The molecular weight excluding hydrogens is 292 g/mol. The van der Waals surface area contributed by atoms with Gasteiger partial charge in [-0.3, -0.25) is 0 Å². The second kappa shape index (κ2) is 7.37. The Hall–Kier alpha value is -0.210. The van der Waals surface area contributed by atoms with E-state index in [9.17, 15) is 13.5 Å². The monoisotopic (exact) mass is 320 g/mol. The van der Waals surface area contributed by atoms with Gasteiger partial charge in [0.15, 0.2) is 0 Å². The number of rotatable bonds is 7. The van der Waals surface area contributed by atoms with Crippen molar-refractivity contribution in [2.75, 3.05) is 46.5 Å². The number of aliphatic hydroxyl groups excluding tert-OH is 1. The predicted molar refractivity (Wildman–Crippen MR) is 81.2 cm³/mol. The van der Waals surface area contributed by atoms with Crippen molar-refractivity contribution in [3.8, 4) is 0 Å². The van der Waals surface area contributed by atoms with Gasteiger partial charge in [0.05, 0.1) is 0 Å². The SMILES string of the molecule is COCCCC1(CO)CCCN(S(=O)(=O)N2CCCC2)C1. The maximum absolute atomic E-state index is 12.7. The highest BCUT2D eigenvalue weighted by molar-refractivity contribution is 7.86. The van der Waals surface area contributed by atoms with E-state index in [4.69, 9.17) is 4.74 Å². The van der Waals surface area contributed by atoms with Crippen molar-refractivity contribution in [3.63, 3.8) is 0 Å². The summed E-state index contributed by atoms with van der Waals surface area (Å²) in [5.41, 5.74) is -0.302. The fourth-order valence-electron chi connectivity index (χ4n) is 3.45. The zero-order chi connectivity index (χ0) is 15.3. The van der Waals surface area contributed by atoms with Crippen LogP contribution < -0.4 is 0 Å². The van der Waals surface area contributed by atoms with E-state index < -0.39 is 10.2 Å². The maximum atomic E-state index is 12.7. The minimum Gasteiger partial charge on any atom is -0.396 e. The Bertz CT molecular complexity index is 423. The lowest BCUT2D eigenvalue weighted by molar-refractivity contribution is 0.0455. The maximum Gasteiger partial charge on any atom is 0.281 e. The topological polar surface area (TPSA) is 70.1 Å². The predicted octanol–water partition coefficient (Wildman–Crippen LogP) is 0.828. The summed E-state index contributed by atoms with van der Waals surface area (Å²) >= 11 is 0. The molecule has 2 aliphatic heterocycles. The van der Waals surface area contributed by atoms with Gasteiger partial charge in [-0.05, 0) is 38.5 Å². The van der Waals surface area contributed by atoms with Crippen LogP contribution in [0.1, 0.15) is 38.5 Å². The van der Waals surface area contributed by atoms with E-state index in [2.05, 4.69) is 0 Å². The summed E-state index contributed by atoms with van der Waals surface area (Å²) in [4.78, 5) is 0. The number of methoxy groups -OCH3 is 1. The van der Waals surface area contributed by atoms with Gasteiger partial charge in [-0.25, -0.2) is 0 Å². The van der Waals surface area contributed by atoms with Gasteiger partial charge in [0.1, 0.15) is 0 Å². The van der Waals surface area contributed by atoms with Gasteiger partial charge in [-0.2, -0.15) is 17.0 Å². The largest absolute Gasteiger partial charge is 0.396 e. The molecule has 0 radical (unpaired) electrons. The first-order valence-electron chi connectivity index (χ1n) is 7.89. The molecule has 0 aliphatic carbocycles. The molecule has 2 aliphatic rings. The fraction of sp³-hybridized carbons (Fsp3) is 1.00. The molecule has 7 heteroatoms. The Kier molecular flexibility index (Phi) is 6.02. The molecule has 0 spiro atoms. The van der Waals surface area contributed by atoms with E-state index in [1.54, 1.807) is 15.7 Å². The second-order valence-electron chi connectivity index (χ2n) is 6.31. The first kappa shape index (κ1) is 17.1. The molecule has 6 nitrogen and oxygen atoms in total. The van der Waals surface area contributed by atoms with Gasteiger partial charge in [0, 0.05) is 51.9 Å². The number of ether oxygens (including phenoxy) is 1. The minimum atomic E-state index is -3.35. The Balaban J connectivity index is 2.04. The molecule has 124 valence electrons. The van der Waals surface area contributed by atoms with Crippen molar-refractivity contribution in [3.05, 3.63) is 0 Å². The molecule has 1 unspecified atom stereocenters. The number of nitrogens with zero attached hydrogens (tertiary/aromatic N) is 2. The van der Waals surface area contributed by atoms with Crippen molar-refractivity contribution >= 4 is 10.2 Å². The third kappa shape index (κ3) is 3.96. The summed E-state index contributed by atoms with van der Waals surface area (Å²) in [7, 11) is -1.69. The van der Waals surface area contributed by atoms with Gasteiger partial charge in [-0.15, -0.1) is 0 Å². The van der Waals surface area contributed by atoms with E-state index in [0.717, 1.165) is 38.5 Å². The summed E-state index contributed by atoms with van der Waals surface area (Å²) in [5.74, 6) is 0. The van der Waals surface area contributed by atoms with Crippen molar-refractivity contribution in [2.24, 2.45) is 5.41 Å². The van der Waals surface area contributed by atoms with Crippen LogP contribution in [-0.2, 0) is 14.9 Å². The van der Waals surface area contributed by atoms with Gasteiger partial charge >= 0.3 is 0 Å². The smallest absolute Gasteiger partial charge is 0.281 e. The second-order valence-corrected chi connectivity index (χ2v) is 8.23. The molecule has 2 heterocycles. The van der Waals surface area contributed by atoms with Crippen LogP contribution in [0.4, 0.5) is 0 Å². The van der Waals surface area contributed by atoms with Crippen molar-refractivity contribution in [1.82, 2.24) is 8.61 Å². The fourth-order valence-corrected chi connectivity index (χ4v) is 5.29. The summed E-state index contributed by atoms with van der Waals surface area (Å²) in [6, 6.07) is 0. The lowest BCUT2D eigenvalue weighted by atomic mass is 9.78. The van der Waals surface area contributed by atoms with Gasteiger partial charge in [0.25, 0.3) is 10.2 Å². The Morgan fingerprint density at radius 2 is 1.81 bits per heavy atom. The van der Waals surface area contributed by atoms with Crippen LogP contribution in [0, 0.1) is 5.41 Å². The molecule has 0 amide bonds. The molecular formula is C14H28N2O4S. The normalized spacial score (nSPS) is 29.0. The highest BCUT2D eigenvalue weighted by atomic mass is 32.2. The molecule has 21 heavy (non-hydrogen) atoms. The lowest BCUT2D eigenvalue weighted by Gasteiger charge is -2.42. The zero-order valence-corrected chi connectivity index (χ0v) is 13.8. The van der Waals surface area contributed by atoms with Crippen LogP contribution >= 0.6 is 0 Å². The van der Waals surface area contributed by atoms with E-state index in [-0.39, 0.29) is 12.0 Å². The van der Waals surface area contributed by atoms with Crippen molar-refractivity contribution < 1.29 is 18.3 Å².